The lowest BCUT2D eigenvalue weighted by Crippen LogP contribution is -2.01. The Balaban J connectivity index is 1.24. The fourth-order valence-electron chi connectivity index (χ4n) is 6.20. The van der Waals surface area contributed by atoms with E-state index in [9.17, 15) is 0 Å². The van der Waals surface area contributed by atoms with Crippen LogP contribution in [0.3, 0.4) is 0 Å². The summed E-state index contributed by atoms with van der Waals surface area (Å²) in [5.41, 5.74) is 6.28. The molecule has 0 fully saturated rings. The highest BCUT2D eigenvalue weighted by atomic mass is 32.1. The molecule has 6 aromatic carbocycles. The highest BCUT2D eigenvalue weighted by molar-refractivity contribution is 7.25. The minimum absolute atomic E-state index is 0.646. The van der Waals surface area contributed by atoms with Gasteiger partial charge in [-0.2, -0.15) is 0 Å². The van der Waals surface area contributed by atoms with Crippen molar-refractivity contribution in [2.45, 2.75) is 0 Å². The van der Waals surface area contributed by atoms with Gasteiger partial charge in [0.2, 0.25) is 0 Å². The molecule has 4 nitrogen and oxygen atoms in total. The van der Waals surface area contributed by atoms with Crippen molar-refractivity contribution in [3.63, 3.8) is 0 Å². The number of thiophene rings is 1. The number of fused-ring (bicyclic) bond motifs is 6. The standard InChI is InChI=1S/C39H24N4S/c1-2-11-25(12-3-1)37-40-38(42-39(41-37)27-21-22-32-31-17-6-9-20-35(31)44-36(32)24-27)26-13-10-14-28(23-26)43-33-18-7-4-15-29(33)30-16-5-8-19-34(30)43/h1-24H. The van der Waals surface area contributed by atoms with Crippen molar-refractivity contribution in [2.75, 3.05) is 0 Å². The summed E-state index contributed by atoms with van der Waals surface area (Å²) in [5, 5.41) is 5.01. The summed E-state index contributed by atoms with van der Waals surface area (Å²) in [4.78, 5) is 15.1. The average molecular weight is 581 g/mol. The first-order chi connectivity index (χ1) is 21.8. The number of benzene rings is 6. The van der Waals surface area contributed by atoms with Crippen LogP contribution in [-0.4, -0.2) is 19.5 Å². The Labute approximate surface area is 257 Å². The van der Waals surface area contributed by atoms with E-state index in [0.29, 0.717) is 17.5 Å². The van der Waals surface area contributed by atoms with Gasteiger partial charge < -0.3 is 4.57 Å². The molecule has 44 heavy (non-hydrogen) atoms. The van der Waals surface area contributed by atoms with Crippen LogP contribution in [0.4, 0.5) is 0 Å². The van der Waals surface area contributed by atoms with Gasteiger partial charge in [0.05, 0.1) is 11.0 Å². The van der Waals surface area contributed by atoms with E-state index in [1.807, 2.05) is 30.3 Å². The molecule has 206 valence electrons. The Kier molecular flexibility index (Phi) is 5.64. The van der Waals surface area contributed by atoms with Gasteiger partial charge in [-0.25, -0.2) is 15.0 Å². The van der Waals surface area contributed by atoms with E-state index in [2.05, 4.69) is 120 Å². The van der Waals surface area contributed by atoms with Gasteiger partial charge in [-0.05, 0) is 36.4 Å². The maximum absolute atomic E-state index is 5.08. The van der Waals surface area contributed by atoms with E-state index in [1.54, 1.807) is 11.3 Å². The van der Waals surface area contributed by atoms with E-state index in [4.69, 9.17) is 15.0 Å². The van der Waals surface area contributed by atoms with Gasteiger partial charge in [-0.3, -0.25) is 0 Å². The van der Waals surface area contributed by atoms with Crippen LogP contribution in [0.1, 0.15) is 0 Å². The molecule has 0 aliphatic heterocycles. The summed E-state index contributed by atoms with van der Waals surface area (Å²) in [6.07, 6.45) is 0. The topological polar surface area (TPSA) is 43.6 Å². The Hall–Kier alpha value is -5.65. The number of hydrogen-bond donors (Lipinski definition) is 0. The molecule has 0 N–H and O–H groups in total. The molecule has 3 aromatic heterocycles. The predicted molar refractivity (Wildman–Crippen MR) is 183 cm³/mol. The van der Waals surface area contributed by atoms with Gasteiger partial charge in [0.15, 0.2) is 17.5 Å². The smallest absolute Gasteiger partial charge is 0.164 e. The van der Waals surface area contributed by atoms with Gasteiger partial charge in [-0.1, -0.05) is 109 Å². The summed E-state index contributed by atoms with van der Waals surface area (Å²) in [7, 11) is 0. The van der Waals surface area contributed by atoms with Gasteiger partial charge in [0.1, 0.15) is 0 Å². The Bertz CT molecular complexity index is 2460. The highest BCUT2D eigenvalue weighted by Crippen LogP contribution is 2.37. The van der Waals surface area contributed by atoms with Gasteiger partial charge in [0, 0.05) is 53.3 Å². The van der Waals surface area contributed by atoms with Gasteiger partial charge >= 0.3 is 0 Å². The molecule has 9 rings (SSSR count). The van der Waals surface area contributed by atoms with Crippen molar-refractivity contribution < 1.29 is 0 Å². The molecule has 3 heterocycles. The van der Waals surface area contributed by atoms with Crippen LogP contribution in [0.15, 0.2) is 146 Å². The molecule has 0 amide bonds. The van der Waals surface area contributed by atoms with Crippen molar-refractivity contribution in [1.82, 2.24) is 19.5 Å². The molecular formula is C39H24N4S. The zero-order valence-electron chi connectivity index (χ0n) is 23.6. The lowest BCUT2D eigenvalue weighted by atomic mass is 10.1. The molecule has 0 bridgehead atoms. The minimum atomic E-state index is 0.646. The number of rotatable bonds is 4. The molecule has 0 aliphatic rings. The van der Waals surface area contributed by atoms with Crippen LogP contribution in [-0.2, 0) is 0 Å². The van der Waals surface area contributed by atoms with Crippen LogP contribution in [0.2, 0.25) is 0 Å². The first-order valence-corrected chi connectivity index (χ1v) is 15.4. The summed E-state index contributed by atoms with van der Waals surface area (Å²) in [5.74, 6) is 1.97. The van der Waals surface area contributed by atoms with Crippen molar-refractivity contribution in [3.05, 3.63) is 146 Å². The van der Waals surface area contributed by atoms with Gasteiger partial charge in [0.25, 0.3) is 0 Å². The number of hydrogen-bond acceptors (Lipinski definition) is 4. The van der Waals surface area contributed by atoms with Crippen molar-refractivity contribution in [1.29, 1.82) is 0 Å². The van der Waals surface area contributed by atoms with E-state index < -0.39 is 0 Å². The number of nitrogens with zero attached hydrogens (tertiary/aromatic N) is 4. The SMILES string of the molecule is c1ccc(-c2nc(-c3cccc(-n4c5ccccc5c5ccccc54)c3)nc(-c3ccc4c(c3)sc3ccccc34)n2)cc1. The van der Waals surface area contributed by atoms with E-state index in [0.717, 1.165) is 22.4 Å². The minimum Gasteiger partial charge on any atom is -0.309 e. The molecule has 0 radical (unpaired) electrons. The van der Waals surface area contributed by atoms with Crippen molar-refractivity contribution in [2.24, 2.45) is 0 Å². The molecule has 0 atom stereocenters. The maximum atomic E-state index is 5.08. The zero-order chi connectivity index (χ0) is 29.0. The molecule has 0 spiro atoms. The Morgan fingerprint density at radius 1 is 0.386 bits per heavy atom. The lowest BCUT2D eigenvalue weighted by Gasteiger charge is -2.11. The largest absolute Gasteiger partial charge is 0.309 e. The number of aromatic nitrogens is 4. The monoisotopic (exact) mass is 580 g/mol. The van der Waals surface area contributed by atoms with Crippen molar-refractivity contribution in [3.8, 4) is 39.9 Å². The quantitative estimate of drug-likeness (QED) is 0.208. The van der Waals surface area contributed by atoms with Crippen LogP contribution in [0, 0.1) is 0 Å². The van der Waals surface area contributed by atoms with Crippen molar-refractivity contribution >= 4 is 53.3 Å². The fraction of sp³-hybridized carbons (Fsp3) is 0. The molecule has 0 saturated carbocycles. The van der Waals surface area contributed by atoms with Crippen LogP contribution in [0.25, 0.3) is 81.8 Å². The second kappa shape index (κ2) is 9.97. The third-order valence-corrected chi connectivity index (χ3v) is 9.38. The Morgan fingerprint density at radius 3 is 1.66 bits per heavy atom. The van der Waals surface area contributed by atoms with Gasteiger partial charge in [-0.15, -0.1) is 11.3 Å². The molecule has 0 aliphatic carbocycles. The van der Waals surface area contributed by atoms with Crippen LogP contribution >= 0.6 is 11.3 Å². The highest BCUT2D eigenvalue weighted by Gasteiger charge is 2.16. The molecular weight excluding hydrogens is 557 g/mol. The molecule has 0 saturated heterocycles. The second-order valence-electron chi connectivity index (χ2n) is 10.9. The molecule has 0 unspecified atom stereocenters. The second-order valence-corrected chi connectivity index (χ2v) is 12.0. The van der Waals surface area contributed by atoms with E-state index >= 15 is 0 Å². The molecule has 5 heteroatoms. The Morgan fingerprint density at radius 2 is 0.932 bits per heavy atom. The first kappa shape index (κ1) is 24.9. The molecule has 9 aromatic rings. The normalized spacial score (nSPS) is 11.6. The van der Waals surface area contributed by atoms with E-state index in [-0.39, 0.29) is 0 Å². The van der Waals surface area contributed by atoms with Crippen LogP contribution in [0.5, 0.6) is 0 Å². The predicted octanol–water partition coefficient (Wildman–Crippen LogP) is 10.3. The van der Waals surface area contributed by atoms with Crippen LogP contribution < -0.4 is 0 Å². The average Bonchev–Trinajstić information content (AvgIpc) is 3.64. The number of para-hydroxylation sites is 2. The zero-order valence-corrected chi connectivity index (χ0v) is 24.4. The first-order valence-electron chi connectivity index (χ1n) is 14.6. The van der Waals surface area contributed by atoms with E-state index in [1.165, 1.54) is 42.0 Å². The lowest BCUT2D eigenvalue weighted by molar-refractivity contribution is 1.07. The third kappa shape index (κ3) is 4.02. The fourth-order valence-corrected chi connectivity index (χ4v) is 7.35. The maximum Gasteiger partial charge on any atom is 0.164 e. The summed E-state index contributed by atoms with van der Waals surface area (Å²) >= 11 is 1.80. The third-order valence-electron chi connectivity index (χ3n) is 8.25. The summed E-state index contributed by atoms with van der Waals surface area (Å²) < 4.78 is 4.83. The summed E-state index contributed by atoms with van der Waals surface area (Å²) in [6, 6.07) is 50.9. The summed E-state index contributed by atoms with van der Waals surface area (Å²) in [6.45, 7) is 0.